The maximum atomic E-state index is 12.1. The number of rotatable bonds is 4. The molecular formula is C15H13BrO4. The average molecular weight is 337 g/mol. The van der Waals surface area contributed by atoms with Crippen molar-refractivity contribution in [1.29, 1.82) is 0 Å². The Balaban J connectivity index is 2.32. The molecule has 0 aliphatic rings. The normalized spacial score (nSPS) is 9.95. The van der Waals surface area contributed by atoms with E-state index in [1.54, 1.807) is 36.4 Å². The molecule has 0 saturated carbocycles. The van der Waals surface area contributed by atoms with Crippen LogP contribution in [0.1, 0.15) is 10.4 Å². The Labute approximate surface area is 125 Å². The summed E-state index contributed by atoms with van der Waals surface area (Å²) in [6.07, 6.45) is 0. The van der Waals surface area contributed by atoms with Crippen LogP contribution in [0.3, 0.4) is 0 Å². The molecule has 5 heteroatoms. The molecule has 0 unspecified atom stereocenters. The SMILES string of the molecule is COc1cccc(OC)c1OC(=O)c1cccc(Br)c1. The van der Waals surface area contributed by atoms with Crippen molar-refractivity contribution >= 4 is 21.9 Å². The highest BCUT2D eigenvalue weighted by Crippen LogP contribution is 2.37. The number of benzene rings is 2. The summed E-state index contributed by atoms with van der Waals surface area (Å²) in [6, 6.07) is 12.1. The molecule has 20 heavy (non-hydrogen) atoms. The van der Waals surface area contributed by atoms with Crippen LogP contribution < -0.4 is 14.2 Å². The standard InChI is InChI=1S/C15H13BrO4/c1-18-12-7-4-8-13(19-2)14(12)20-15(17)10-5-3-6-11(16)9-10/h3-9H,1-2H3. The van der Waals surface area contributed by atoms with Gasteiger partial charge in [-0.2, -0.15) is 0 Å². The van der Waals surface area contributed by atoms with E-state index in [0.29, 0.717) is 17.1 Å². The molecule has 104 valence electrons. The van der Waals surface area contributed by atoms with E-state index in [-0.39, 0.29) is 5.75 Å². The summed E-state index contributed by atoms with van der Waals surface area (Å²) in [6.45, 7) is 0. The highest BCUT2D eigenvalue weighted by Gasteiger charge is 2.17. The Hall–Kier alpha value is -2.01. The van der Waals surface area contributed by atoms with Crippen LogP contribution in [0.15, 0.2) is 46.9 Å². The number of halogens is 1. The zero-order chi connectivity index (χ0) is 14.5. The van der Waals surface area contributed by atoms with Gasteiger partial charge in [0.1, 0.15) is 0 Å². The molecule has 4 nitrogen and oxygen atoms in total. The van der Waals surface area contributed by atoms with E-state index < -0.39 is 5.97 Å². The predicted octanol–water partition coefficient (Wildman–Crippen LogP) is 3.69. The van der Waals surface area contributed by atoms with Gasteiger partial charge in [-0.25, -0.2) is 4.79 Å². The second kappa shape index (κ2) is 6.43. The van der Waals surface area contributed by atoms with Gasteiger partial charge in [0.15, 0.2) is 11.5 Å². The first-order chi connectivity index (χ1) is 9.65. The van der Waals surface area contributed by atoms with Crippen LogP contribution in [-0.2, 0) is 0 Å². The highest BCUT2D eigenvalue weighted by molar-refractivity contribution is 9.10. The Bertz CT molecular complexity index is 603. The van der Waals surface area contributed by atoms with Gasteiger partial charge in [0, 0.05) is 4.47 Å². The Kier molecular flexibility index (Phi) is 4.63. The second-order valence-corrected chi connectivity index (χ2v) is 4.81. The van der Waals surface area contributed by atoms with Crippen molar-refractivity contribution < 1.29 is 19.0 Å². The van der Waals surface area contributed by atoms with E-state index in [4.69, 9.17) is 14.2 Å². The van der Waals surface area contributed by atoms with Gasteiger partial charge < -0.3 is 14.2 Å². The molecule has 2 aromatic rings. The van der Waals surface area contributed by atoms with Gasteiger partial charge >= 0.3 is 5.97 Å². The Morgan fingerprint density at radius 2 is 1.60 bits per heavy atom. The first kappa shape index (κ1) is 14.4. The van der Waals surface area contributed by atoms with Crippen LogP contribution in [0, 0.1) is 0 Å². The Morgan fingerprint density at radius 1 is 1.00 bits per heavy atom. The van der Waals surface area contributed by atoms with Crippen molar-refractivity contribution in [3.05, 3.63) is 52.5 Å². The summed E-state index contributed by atoms with van der Waals surface area (Å²) in [4.78, 5) is 12.1. The molecule has 0 heterocycles. The van der Waals surface area contributed by atoms with Crippen LogP contribution in [-0.4, -0.2) is 20.2 Å². The minimum absolute atomic E-state index is 0.266. The summed E-state index contributed by atoms with van der Waals surface area (Å²) in [5, 5.41) is 0. The van der Waals surface area contributed by atoms with Gasteiger partial charge in [0.25, 0.3) is 0 Å². The Morgan fingerprint density at radius 3 is 2.15 bits per heavy atom. The molecule has 2 rings (SSSR count). The summed E-state index contributed by atoms with van der Waals surface area (Å²) < 4.78 is 16.6. The zero-order valence-electron chi connectivity index (χ0n) is 11.1. The van der Waals surface area contributed by atoms with E-state index in [1.165, 1.54) is 14.2 Å². The lowest BCUT2D eigenvalue weighted by Gasteiger charge is -2.12. The van der Waals surface area contributed by atoms with Crippen molar-refractivity contribution in [1.82, 2.24) is 0 Å². The lowest BCUT2D eigenvalue weighted by atomic mass is 10.2. The quantitative estimate of drug-likeness (QED) is 0.631. The molecule has 0 atom stereocenters. The molecule has 0 N–H and O–H groups in total. The summed E-state index contributed by atoms with van der Waals surface area (Å²) in [7, 11) is 3.01. The molecule has 2 aromatic carbocycles. The fourth-order valence-electron chi connectivity index (χ4n) is 1.68. The van der Waals surface area contributed by atoms with Crippen LogP contribution >= 0.6 is 15.9 Å². The zero-order valence-corrected chi connectivity index (χ0v) is 12.6. The molecule has 0 radical (unpaired) electrons. The summed E-state index contributed by atoms with van der Waals surface area (Å²) in [5.74, 6) is 0.664. The summed E-state index contributed by atoms with van der Waals surface area (Å²) in [5.41, 5.74) is 0.437. The smallest absolute Gasteiger partial charge is 0.343 e. The van der Waals surface area contributed by atoms with Crippen LogP contribution in [0.4, 0.5) is 0 Å². The predicted molar refractivity (Wildman–Crippen MR) is 78.6 cm³/mol. The topological polar surface area (TPSA) is 44.8 Å². The molecule has 0 saturated heterocycles. The monoisotopic (exact) mass is 336 g/mol. The lowest BCUT2D eigenvalue weighted by Crippen LogP contribution is -2.10. The summed E-state index contributed by atoms with van der Waals surface area (Å²) >= 11 is 3.31. The number of carbonyl (C=O) groups is 1. The minimum atomic E-state index is -0.478. The van der Waals surface area contributed by atoms with Crippen LogP contribution in [0.2, 0.25) is 0 Å². The van der Waals surface area contributed by atoms with Gasteiger partial charge in [-0.3, -0.25) is 0 Å². The number of hydrogen-bond donors (Lipinski definition) is 0. The minimum Gasteiger partial charge on any atom is -0.493 e. The molecule has 0 spiro atoms. The van der Waals surface area contributed by atoms with E-state index in [1.807, 2.05) is 6.07 Å². The molecule has 0 bridgehead atoms. The molecule has 0 amide bonds. The van der Waals surface area contributed by atoms with E-state index in [9.17, 15) is 4.79 Å². The van der Waals surface area contributed by atoms with E-state index in [2.05, 4.69) is 15.9 Å². The first-order valence-corrected chi connectivity index (χ1v) is 6.63. The number of methoxy groups -OCH3 is 2. The maximum Gasteiger partial charge on any atom is 0.343 e. The third kappa shape index (κ3) is 3.11. The number of carbonyl (C=O) groups excluding carboxylic acids is 1. The van der Waals surface area contributed by atoms with Crippen LogP contribution in [0.5, 0.6) is 17.2 Å². The molecule has 0 fully saturated rings. The van der Waals surface area contributed by atoms with Crippen LogP contribution in [0.25, 0.3) is 0 Å². The van der Waals surface area contributed by atoms with Gasteiger partial charge in [-0.1, -0.05) is 28.1 Å². The van der Waals surface area contributed by atoms with E-state index >= 15 is 0 Å². The maximum absolute atomic E-state index is 12.1. The second-order valence-electron chi connectivity index (χ2n) is 3.89. The van der Waals surface area contributed by atoms with Crippen molar-refractivity contribution in [2.24, 2.45) is 0 Å². The van der Waals surface area contributed by atoms with E-state index in [0.717, 1.165) is 4.47 Å². The average Bonchev–Trinajstić information content (AvgIpc) is 2.47. The van der Waals surface area contributed by atoms with Gasteiger partial charge in [0.05, 0.1) is 19.8 Å². The third-order valence-electron chi connectivity index (χ3n) is 2.64. The fraction of sp³-hybridized carbons (Fsp3) is 0.133. The van der Waals surface area contributed by atoms with Gasteiger partial charge in [0.2, 0.25) is 5.75 Å². The number of ether oxygens (including phenoxy) is 3. The molecular weight excluding hydrogens is 324 g/mol. The van der Waals surface area contributed by atoms with Gasteiger partial charge in [-0.15, -0.1) is 0 Å². The van der Waals surface area contributed by atoms with Crippen molar-refractivity contribution in [3.8, 4) is 17.2 Å². The number of esters is 1. The molecule has 0 aliphatic carbocycles. The third-order valence-corrected chi connectivity index (χ3v) is 3.13. The molecule has 0 aromatic heterocycles. The largest absolute Gasteiger partial charge is 0.493 e. The van der Waals surface area contributed by atoms with Crippen molar-refractivity contribution in [3.63, 3.8) is 0 Å². The molecule has 0 aliphatic heterocycles. The highest BCUT2D eigenvalue weighted by atomic mass is 79.9. The fourth-order valence-corrected chi connectivity index (χ4v) is 2.08. The van der Waals surface area contributed by atoms with Gasteiger partial charge in [-0.05, 0) is 30.3 Å². The van der Waals surface area contributed by atoms with Crippen molar-refractivity contribution in [2.45, 2.75) is 0 Å². The number of para-hydroxylation sites is 1. The first-order valence-electron chi connectivity index (χ1n) is 5.84. The lowest BCUT2D eigenvalue weighted by molar-refractivity contribution is 0.0724. The number of hydrogen-bond acceptors (Lipinski definition) is 4. The van der Waals surface area contributed by atoms with Crippen molar-refractivity contribution in [2.75, 3.05) is 14.2 Å².